The van der Waals surface area contributed by atoms with Gasteiger partial charge < -0.3 is 57.8 Å². The van der Waals surface area contributed by atoms with Crippen LogP contribution in [0.25, 0.3) is 0 Å². The molecule has 4 rings (SSSR count). The fourth-order valence-electron chi connectivity index (χ4n) is 9.30. The van der Waals surface area contributed by atoms with Crippen molar-refractivity contribution >= 4 is 35.5 Å². The molecular weight excluding hydrogens is 837 g/mol. The van der Waals surface area contributed by atoms with E-state index in [0.29, 0.717) is 19.4 Å². The van der Waals surface area contributed by atoms with Crippen molar-refractivity contribution in [1.29, 1.82) is 0 Å². The zero-order valence-corrected chi connectivity index (χ0v) is 40.1. The van der Waals surface area contributed by atoms with Gasteiger partial charge in [0.15, 0.2) is 18.7 Å². The number of likely N-dealkylation sites (N-methyl/N-ethyl adjacent to an activating group) is 2. The summed E-state index contributed by atoms with van der Waals surface area (Å²) in [5.41, 5.74) is -1.49. The van der Waals surface area contributed by atoms with Crippen LogP contribution >= 0.6 is 11.3 Å². The quantitative estimate of drug-likeness (QED) is 0.107. The number of cyclic esters (lactones) is 1. The van der Waals surface area contributed by atoms with Gasteiger partial charge in [-0.05, 0) is 84.5 Å². The van der Waals surface area contributed by atoms with Gasteiger partial charge in [-0.25, -0.2) is 0 Å². The van der Waals surface area contributed by atoms with Gasteiger partial charge in [-0.1, -0.05) is 39.0 Å². The second-order valence-electron chi connectivity index (χ2n) is 18.6. The second-order valence-corrected chi connectivity index (χ2v) is 19.6. The number of hydrogen-bond acceptors (Lipinski definition) is 17. The van der Waals surface area contributed by atoms with E-state index >= 15 is 0 Å². The van der Waals surface area contributed by atoms with Crippen molar-refractivity contribution in [2.75, 3.05) is 28.3 Å². The molecule has 17 heteroatoms. The number of aldehydes is 1. The molecule has 0 radical (unpaired) electrons. The van der Waals surface area contributed by atoms with Gasteiger partial charge >= 0.3 is 17.9 Å². The molecule has 3 aliphatic rings. The van der Waals surface area contributed by atoms with E-state index < -0.39 is 103 Å². The van der Waals surface area contributed by atoms with Crippen LogP contribution in [0.1, 0.15) is 98.8 Å². The smallest absolute Gasteiger partial charge is 0.309 e. The minimum Gasteiger partial charge on any atom is -0.462 e. The van der Waals surface area contributed by atoms with Crippen LogP contribution in [0.4, 0.5) is 0 Å². The average molecular weight is 911 g/mol. The molecule has 0 spiro atoms. The standard InChI is InChI=1S/C46H74N2O14S/c1-26(2)21-36(51)60-44-30(6)57-38(24-46(44,8)54)61-41-29(5)58-45(40(53)39(41)47(9)10)62-42-32(18-19-49)22-27(3)34(48(11)25-33-16-14-20-63-33)17-13-15-28(4)56-37(52)23-35(43(42)55-12)59-31(7)50/h13-14,16-17,19-20,26-30,32,34-35,38-45,53-54H,15,18,21-25H2,1-12H3/b17-13+/t27-,28-,29-,30+,32+,34+,35-,38+,39-,40-,41?,42+,43+,44+,45+,46-/m1/s1. The molecule has 0 aromatic carbocycles. The molecule has 1 unspecified atom stereocenters. The fourth-order valence-corrected chi connectivity index (χ4v) is 10.1. The van der Waals surface area contributed by atoms with E-state index in [4.69, 9.17) is 37.9 Å². The van der Waals surface area contributed by atoms with Gasteiger partial charge in [0.25, 0.3) is 0 Å². The molecule has 0 amide bonds. The number of hydrogen-bond donors (Lipinski definition) is 2. The molecule has 2 fully saturated rings. The molecule has 358 valence electrons. The third-order valence-corrected chi connectivity index (χ3v) is 13.1. The third-order valence-electron chi connectivity index (χ3n) is 12.2. The van der Waals surface area contributed by atoms with Gasteiger partial charge in [0, 0.05) is 57.2 Å². The Balaban J connectivity index is 1.68. The van der Waals surface area contributed by atoms with E-state index in [2.05, 4.69) is 24.0 Å². The normalized spacial score (nSPS) is 37.9. The Kier molecular flexibility index (Phi) is 20.2. The highest BCUT2D eigenvalue weighted by molar-refractivity contribution is 7.09. The molecule has 0 saturated carbocycles. The Morgan fingerprint density at radius 1 is 1.05 bits per heavy atom. The molecule has 63 heavy (non-hydrogen) atoms. The van der Waals surface area contributed by atoms with E-state index in [1.807, 2.05) is 38.4 Å². The summed E-state index contributed by atoms with van der Waals surface area (Å²) in [5.74, 6) is -2.26. The lowest BCUT2D eigenvalue weighted by Gasteiger charge is -2.50. The molecule has 2 N–H and O–H groups in total. The molecule has 0 bridgehead atoms. The third kappa shape index (κ3) is 14.8. The van der Waals surface area contributed by atoms with Gasteiger partial charge in [0.1, 0.15) is 42.4 Å². The minimum atomic E-state index is -1.49. The predicted molar refractivity (Wildman–Crippen MR) is 234 cm³/mol. The first-order chi connectivity index (χ1) is 29.6. The summed E-state index contributed by atoms with van der Waals surface area (Å²) in [5, 5.41) is 25.8. The summed E-state index contributed by atoms with van der Waals surface area (Å²) < 4.78 is 49.4. The van der Waals surface area contributed by atoms with E-state index in [1.165, 1.54) is 18.9 Å². The molecule has 16 nitrogen and oxygen atoms in total. The van der Waals surface area contributed by atoms with Gasteiger partial charge in [0.2, 0.25) is 0 Å². The highest BCUT2D eigenvalue weighted by Gasteiger charge is 2.53. The Labute approximate surface area is 377 Å². The van der Waals surface area contributed by atoms with Crippen LogP contribution in [0.2, 0.25) is 0 Å². The molecule has 16 atom stereocenters. The van der Waals surface area contributed by atoms with Gasteiger partial charge in [0.05, 0.1) is 30.8 Å². The lowest BCUT2D eigenvalue weighted by Crippen LogP contribution is -2.66. The van der Waals surface area contributed by atoms with Crippen molar-refractivity contribution < 1.29 is 67.3 Å². The Hall–Kier alpha value is -2.84. The lowest BCUT2D eigenvalue weighted by atomic mass is 9.81. The first-order valence-corrected chi connectivity index (χ1v) is 23.1. The van der Waals surface area contributed by atoms with Crippen molar-refractivity contribution in [3.8, 4) is 0 Å². The summed E-state index contributed by atoms with van der Waals surface area (Å²) in [6, 6.07) is 3.23. The number of thiophene rings is 1. The highest BCUT2D eigenvalue weighted by Crippen LogP contribution is 2.38. The van der Waals surface area contributed by atoms with Crippen LogP contribution in [-0.2, 0) is 63.6 Å². The summed E-state index contributed by atoms with van der Waals surface area (Å²) in [6.45, 7) is 14.7. The van der Waals surface area contributed by atoms with Gasteiger partial charge in [-0.3, -0.25) is 19.3 Å². The number of methoxy groups -OCH3 is 1. The SMILES string of the molecule is CO[C@@H]1[C@@H](O[C@@H]2O[C@H](C)C(O[C@H]3C[C@@](C)(O)[C@@H](OC(=O)CC(C)C)[C@H](C)O3)[C@H](N(C)C)[C@H]2O)[C@@H](CC=O)C[C@@H](C)[C@@H](N(C)Cc2cccs2)/C=C/C[C@@H](C)OC(=O)C[C@H]1OC(C)=O. The summed E-state index contributed by atoms with van der Waals surface area (Å²) in [6.07, 6.45) is -5.03. The van der Waals surface area contributed by atoms with E-state index in [9.17, 15) is 29.4 Å². The zero-order valence-electron chi connectivity index (χ0n) is 39.2. The van der Waals surface area contributed by atoms with Crippen molar-refractivity contribution in [1.82, 2.24) is 9.80 Å². The fraction of sp³-hybridized carbons (Fsp3) is 0.783. The molecule has 1 aromatic heterocycles. The molecule has 0 aliphatic carbocycles. The van der Waals surface area contributed by atoms with Crippen LogP contribution in [-0.4, -0.2) is 158 Å². The van der Waals surface area contributed by atoms with Crippen molar-refractivity contribution in [3.05, 3.63) is 34.5 Å². The maximum atomic E-state index is 13.5. The number of carbonyl (C=O) groups is 4. The first kappa shape index (κ1) is 52.8. The second kappa shape index (κ2) is 24.1. The Bertz CT molecular complexity index is 1630. The predicted octanol–water partition coefficient (Wildman–Crippen LogP) is 4.66. The molecule has 2 saturated heterocycles. The van der Waals surface area contributed by atoms with Crippen LogP contribution in [0, 0.1) is 17.8 Å². The van der Waals surface area contributed by atoms with E-state index in [-0.39, 0.29) is 43.6 Å². The number of aliphatic hydroxyl groups excluding tert-OH is 1. The van der Waals surface area contributed by atoms with E-state index in [0.717, 1.165) is 6.29 Å². The van der Waals surface area contributed by atoms with Crippen LogP contribution in [0.3, 0.4) is 0 Å². The summed E-state index contributed by atoms with van der Waals surface area (Å²) in [4.78, 5) is 56.5. The Morgan fingerprint density at radius 2 is 1.76 bits per heavy atom. The number of nitrogens with zero attached hydrogens (tertiary/aromatic N) is 2. The minimum absolute atomic E-state index is 0.0142. The van der Waals surface area contributed by atoms with Crippen molar-refractivity contribution in [2.24, 2.45) is 17.8 Å². The monoisotopic (exact) mass is 910 g/mol. The molecule has 3 aliphatic heterocycles. The van der Waals surface area contributed by atoms with Crippen molar-refractivity contribution in [2.45, 2.75) is 186 Å². The molecule has 4 heterocycles. The van der Waals surface area contributed by atoms with Gasteiger partial charge in [-0.2, -0.15) is 0 Å². The van der Waals surface area contributed by atoms with E-state index in [1.54, 1.807) is 58.0 Å². The summed E-state index contributed by atoms with van der Waals surface area (Å²) >= 11 is 1.67. The topological polar surface area (TPSA) is 189 Å². The Morgan fingerprint density at radius 3 is 2.35 bits per heavy atom. The number of carbonyl (C=O) groups excluding carboxylic acids is 4. The van der Waals surface area contributed by atoms with Crippen LogP contribution < -0.4 is 0 Å². The number of rotatable bonds is 15. The zero-order chi connectivity index (χ0) is 46.8. The molecular formula is C46H74N2O14S. The number of esters is 3. The van der Waals surface area contributed by atoms with Crippen molar-refractivity contribution in [3.63, 3.8) is 0 Å². The molecule has 1 aromatic rings. The maximum Gasteiger partial charge on any atom is 0.309 e. The largest absolute Gasteiger partial charge is 0.462 e. The highest BCUT2D eigenvalue weighted by atomic mass is 32.1. The first-order valence-electron chi connectivity index (χ1n) is 22.3. The van der Waals surface area contributed by atoms with Gasteiger partial charge in [-0.15, -0.1) is 11.3 Å². The average Bonchev–Trinajstić information content (AvgIpc) is 3.68. The number of aliphatic hydroxyl groups is 2. The van der Waals surface area contributed by atoms with Crippen LogP contribution in [0.5, 0.6) is 0 Å². The van der Waals surface area contributed by atoms with Crippen LogP contribution in [0.15, 0.2) is 29.7 Å². The number of ether oxygens (including phenoxy) is 8. The maximum absolute atomic E-state index is 13.5. The summed E-state index contributed by atoms with van der Waals surface area (Å²) in [7, 11) is 7.03. The lowest BCUT2D eigenvalue weighted by molar-refractivity contribution is -0.344.